The lowest BCUT2D eigenvalue weighted by atomic mass is 10.2. The van der Waals surface area contributed by atoms with Crippen LogP contribution in [0.4, 0.5) is 0 Å². The van der Waals surface area contributed by atoms with Gasteiger partial charge in [0, 0.05) is 12.4 Å². The second-order valence-corrected chi connectivity index (χ2v) is 3.37. The van der Waals surface area contributed by atoms with Crippen molar-refractivity contribution in [2.75, 3.05) is 0 Å². The minimum Gasteiger partial charge on any atom is -0.477 e. The minimum atomic E-state index is -1.47. The normalized spacial score (nSPS) is 12.1. The van der Waals surface area contributed by atoms with Gasteiger partial charge >= 0.3 is 11.9 Å². The van der Waals surface area contributed by atoms with Crippen LogP contribution in [0.5, 0.6) is 0 Å². The van der Waals surface area contributed by atoms with Gasteiger partial charge in [-0.1, -0.05) is 36.5 Å². The SMILES string of the molecule is C\C=C/C=C\C=C\N/C=C/C=C/C=C(C(=O)O)C(=O)O. The van der Waals surface area contributed by atoms with Crippen molar-refractivity contribution >= 4 is 11.9 Å². The van der Waals surface area contributed by atoms with Crippen LogP contribution in [0.15, 0.2) is 72.7 Å². The van der Waals surface area contributed by atoms with Crippen molar-refractivity contribution in [1.29, 1.82) is 0 Å². The molecule has 5 heteroatoms. The van der Waals surface area contributed by atoms with E-state index < -0.39 is 17.5 Å². The molecule has 0 bridgehead atoms. The van der Waals surface area contributed by atoms with E-state index in [4.69, 9.17) is 10.2 Å². The molecular formula is C15H17NO4. The molecule has 0 amide bonds. The summed E-state index contributed by atoms with van der Waals surface area (Å²) in [5.74, 6) is -2.94. The number of hydrogen-bond donors (Lipinski definition) is 3. The Morgan fingerprint density at radius 3 is 1.80 bits per heavy atom. The van der Waals surface area contributed by atoms with Crippen LogP contribution in [-0.2, 0) is 9.59 Å². The zero-order chi connectivity index (χ0) is 15.2. The van der Waals surface area contributed by atoms with Gasteiger partial charge in [-0.05, 0) is 25.2 Å². The average Bonchev–Trinajstić information content (AvgIpc) is 2.39. The zero-order valence-electron chi connectivity index (χ0n) is 11.1. The number of carboxylic acid groups (broad SMARTS) is 2. The molecule has 20 heavy (non-hydrogen) atoms. The topological polar surface area (TPSA) is 86.6 Å². The van der Waals surface area contributed by atoms with E-state index in [0.29, 0.717) is 0 Å². The molecule has 0 aromatic rings. The molecule has 0 aliphatic rings. The molecule has 0 fully saturated rings. The van der Waals surface area contributed by atoms with Crippen LogP contribution in [0.3, 0.4) is 0 Å². The quantitative estimate of drug-likeness (QED) is 0.274. The summed E-state index contributed by atoms with van der Waals surface area (Å²) in [5, 5.41) is 20.0. The number of nitrogens with one attached hydrogen (secondary N) is 1. The lowest BCUT2D eigenvalue weighted by Crippen LogP contribution is -2.10. The van der Waals surface area contributed by atoms with Crippen LogP contribution < -0.4 is 5.32 Å². The third-order valence-corrected chi connectivity index (χ3v) is 1.86. The largest absolute Gasteiger partial charge is 0.477 e. The number of allylic oxidation sites excluding steroid dienone is 9. The first kappa shape index (κ1) is 17.2. The molecule has 5 nitrogen and oxygen atoms in total. The number of carboxylic acids is 2. The zero-order valence-corrected chi connectivity index (χ0v) is 11.1. The maximum absolute atomic E-state index is 10.5. The van der Waals surface area contributed by atoms with Gasteiger partial charge in [0.25, 0.3) is 0 Å². The van der Waals surface area contributed by atoms with E-state index in [-0.39, 0.29) is 0 Å². The predicted molar refractivity (Wildman–Crippen MR) is 77.9 cm³/mol. The molecule has 0 aromatic carbocycles. The van der Waals surface area contributed by atoms with Gasteiger partial charge in [0.1, 0.15) is 5.57 Å². The molecule has 0 radical (unpaired) electrons. The summed E-state index contributed by atoms with van der Waals surface area (Å²) in [6.45, 7) is 1.93. The van der Waals surface area contributed by atoms with Gasteiger partial charge in [-0.25, -0.2) is 9.59 Å². The summed E-state index contributed by atoms with van der Waals surface area (Å²) in [4.78, 5) is 21.0. The van der Waals surface area contributed by atoms with Crippen LogP contribution in [0.2, 0.25) is 0 Å². The summed E-state index contributed by atoms with van der Waals surface area (Å²) in [6.07, 6.45) is 18.2. The first-order valence-electron chi connectivity index (χ1n) is 5.80. The van der Waals surface area contributed by atoms with E-state index in [2.05, 4.69) is 5.32 Å². The lowest BCUT2D eigenvalue weighted by Gasteiger charge is -1.90. The van der Waals surface area contributed by atoms with E-state index in [9.17, 15) is 9.59 Å². The van der Waals surface area contributed by atoms with Crippen LogP contribution >= 0.6 is 0 Å². The Bertz CT molecular complexity index is 478. The van der Waals surface area contributed by atoms with Gasteiger partial charge in [0.05, 0.1) is 0 Å². The van der Waals surface area contributed by atoms with Crippen molar-refractivity contribution in [2.24, 2.45) is 0 Å². The standard InChI is InChI=1S/C15H17NO4/c1-2-3-4-5-8-11-16-12-9-6-7-10-13(14(17)18)15(19)20/h2-12,16H,1H3,(H,17,18)(H,19,20)/b3-2-,5-4-,7-6+,11-8+,12-9+. The Balaban J connectivity index is 4.18. The highest BCUT2D eigenvalue weighted by Crippen LogP contribution is 1.95. The Morgan fingerprint density at radius 1 is 0.800 bits per heavy atom. The predicted octanol–water partition coefficient (Wildman–Crippen LogP) is 2.39. The number of aliphatic carboxylic acids is 2. The Hall–Kier alpha value is -2.82. The van der Waals surface area contributed by atoms with Gasteiger partial charge in [-0.3, -0.25) is 0 Å². The third kappa shape index (κ3) is 9.23. The first-order valence-corrected chi connectivity index (χ1v) is 5.80. The van der Waals surface area contributed by atoms with E-state index in [1.165, 1.54) is 12.2 Å². The summed E-state index contributed by atoms with van der Waals surface area (Å²) in [7, 11) is 0. The molecule has 0 rings (SSSR count). The molecule has 0 aliphatic carbocycles. The highest BCUT2D eigenvalue weighted by atomic mass is 16.4. The smallest absolute Gasteiger partial charge is 0.343 e. The highest BCUT2D eigenvalue weighted by molar-refractivity contribution is 6.12. The van der Waals surface area contributed by atoms with Gasteiger partial charge in [-0.15, -0.1) is 0 Å². The molecule has 0 spiro atoms. The van der Waals surface area contributed by atoms with Crippen molar-refractivity contribution in [3.63, 3.8) is 0 Å². The fourth-order valence-corrected chi connectivity index (χ4v) is 0.967. The minimum absolute atomic E-state index is 0.684. The molecule has 106 valence electrons. The van der Waals surface area contributed by atoms with Crippen molar-refractivity contribution in [3.05, 3.63) is 72.7 Å². The monoisotopic (exact) mass is 275 g/mol. The van der Waals surface area contributed by atoms with Crippen molar-refractivity contribution in [3.8, 4) is 0 Å². The van der Waals surface area contributed by atoms with Crippen molar-refractivity contribution < 1.29 is 19.8 Å². The Morgan fingerprint density at radius 2 is 1.30 bits per heavy atom. The highest BCUT2D eigenvalue weighted by Gasteiger charge is 2.13. The maximum Gasteiger partial charge on any atom is 0.343 e. The molecule has 0 aliphatic heterocycles. The van der Waals surface area contributed by atoms with E-state index in [1.54, 1.807) is 24.6 Å². The molecule has 0 aromatic heterocycles. The number of carbonyl (C=O) groups is 2. The summed E-state index contributed by atoms with van der Waals surface area (Å²) >= 11 is 0. The molecule has 3 N–H and O–H groups in total. The third-order valence-electron chi connectivity index (χ3n) is 1.86. The summed E-state index contributed by atoms with van der Waals surface area (Å²) < 4.78 is 0. The molecule has 0 atom stereocenters. The molecule has 0 saturated carbocycles. The first-order chi connectivity index (χ1) is 9.59. The van der Waals surface area contributed by atoms with Crippen LogP contribution in [0, 0.1) is 0 Å². The van der Waals surface area contributed by atoms with Gasteiger partial charge < -0.3 is 15.5 Å². The Kier molecular flexibility index (Phi) is 9.69. The number of rotatable bonds is 8. The fourth-order valence-electron chi connectivity index (χ4n) is 0.967. The van der Waals surface area contributed by atoms with Crippen LogP contribution in [0.25, 0.3) is 0 Å². The molecular weight excluding hydrogens is 258 g/mol. The number of hydrogen-bond acceptors (Lipinski definition) is 3. The summed E-state index contributed by atoms with van der Waals surface area (Å²) in [6, 6.07) is 0. The average molecular weight is 275 g/mol. The second-order valence-electron chi connectivity index (χ2n) is 3.37. The summed E-state index contributed by atoms with van der Waals surface area (Å²) in [5.41, 5.74) is -0.684. The fraction of sp³-hybridized carbons (Fsp3) is 0.0667. The van der Waals surface area contributed by atoms with E-state index in [0.717, 1.165) is 6.08 Å². The second kappa shape index (κ2) is 11.3. The maximum atomic E-state index is 10.5. The van der Waals surface area contributed by atoms with Gasteiger partial charge in [0.15, 0.2) is 0 Å². The van der Waals surface area contributed by atoms with Gasteiger partial charge in [0.2, 0.25) is 0 Å². The molecule has 0 heterocycles. The molecule has 0 unspecified atom stereocenters. The van der Waals surface area contributed by atoms with Gasteiger partial charge in [-0.2, -0.15) is 0 Å². The van der Waals surface area contributed by atoms with Crippen LogP contribution in [0.1, 0.15) is 6.92 Å². The molecule has 0 saturated heterocycles. The van der Waals surface area contributed by atoms with Crippen molar-refractivity contribution in [2.45, 2.75) is 6.92 Å². The lowest BCUT2D eigenvalue weighted by molar-refractivity contribution is -0.140. The Labute approximate surface area is 117 Å². The van der Waals surface area contributed by atoms with Crippen LogP contribution in [-0.4, -0.2) is 22.2 Å². The van der Waals surface area contributed by atoms with E-state index in [1.807, 2.05) is 31.2 Å². The van der Waals surface area contributed by atoms with E-state index >= 15 is 0 Å². The van der Waals surface area contributed by atoms with Crippen molar-refractivity contribution in [1.82, 2.24) is 5.32 Å².